The van der Waals surface area contributed by atoms with Crippen LogP contribution in [0.2, 0.25) is 0 Å². The lowest BCUT2D eigenvalue weighted by molar-refractivity contribution is 0.0503. The van der Waals surface area contributed by atoms with Crippen LogP contribution in [0.4, 0.5) is 0 Å². The van der Waals surface area contributed by atoms with Crippen LogP contribution in [0.5, 0.6) is 0 Å². The van der Waals surface area contributed by atoms with E-state index in [9.17, 15) is 5.26 Å². The maximum Gasteiger partial charge on any atom is 0.108 e. The topological polar surface area (TPSA) is 48.3 Å². The van der Waals surface area contributed by atoms with Crippen LogP contribution in [0, 0.1) is 17.2 Å². The molecule has 0 radical (unpaired) electrons. The fraction of sp³-hybridized carbons (Fsp3) is 0.938. The third kappa shape index (κ3) is 3.33. The predicted octanol–water partition coefficient (Wildman–Crippen LogP) is 1.91. The van der Waals surface area contributed by atoms with Crippen LogP contribution in [-0.2, 0) is 4.74 Å². The molecule has 4 heteroatoms. The highest BCUT2D eigenvalue weighted by molar-refractivity contribution is 5.15. The van der Waals surface area contributed by atoms with E-state index in [0.29, 0.717) is 12.1 Å². The van der Waals surface area contributed by atoms with Gasteiger partial charge in [0.1, 0.15) is 5.54 Å². The van der Waals surface area contributed by atoms with Crippen LogP contribution in [0.25, 0.3) is 0 Å². The van der Waals surface area contributed by atoms with E-state index in [-0.39, 0.29) is 5.54 Å². The van der Waals surface area contributed by atoms with Gasteiger partial charge in [-0.05, 0) is 57.9 Å². The first-order chi connectivity index (χ1) is 9.71. The molecule has 0 aromatic heterocycles. The first-order valence-electron chi connectivity index (χ1n) is 8.18. The lowest BCUT2D eigenvalue weighted by Gasteiger charge is -2.31. The summed E-state index contributed by atoms with van der Waals surface area (Å²) < 4.78 is 5.44. The smallest absolute Gasteiger partial charge is 0.108 e. The monoisotopic (exact) mass is 277 g/mol. The molecule has 0 amide bonds. The number of hydrogen-bond acceptors (Lipinski definition) is 4. The second-order valence-corrected chi connectivity index (χ2v) is 7.00. The highest BCUT2D eigenvalue weighted by atomic mass is 16.5. The van der Waals surface area contributed by atoms with Gasteiger partial charge in [-0.3, -0.25) is 5.32 Å². The Labute approximate surface area is 122 Å². The van der Waals surface area contributed by atoms with Gasteiger partial charge in [0, 0.05) is 31.8 Å². The molecule has 0 aromatic carbocycles. The summed E-state index contributed by atoms with van der Waals surface area (Å²) in [4.78, 5) is 2.50. The summed E-state index contributed by atoms with van der Waals surface area (Å²) in [5.74, 6) is 0.780. The van der Waals surface area contributed by atoms with Gasteiger partial charge >= 0.3 is 0 Å². The van der Waals surface area contributed by atoms with E-state index in [1.54, 1.807) is 0 Å². The summed E-state index contributed by atoms with van der Waals surface area (Å²) in [5, 5.41) is 13.2. The van der Waals surface area contributed by atoms with Crippen LogP contribution in [0.3, 0.4) is 0 Å². The Morgan fingerprint density at radius 1 is 1.25 bits per heavy atom. The number of nitriles is 1. The molecule has 2 atom stereocenters. The van der Waals surface area contributed by atoms with Crippen LogP contribution < -0.4 is 5.32 Å². The van der Waals surface area contributed by atoms with Crippen molar-refractivity contribution in [3.63, 3.8) is 0 Å². The van der Waals surface area contributed by atoms with Gasteiger partial charge < -0.3 is 9.64 Å². The maximum atomic E-state index is 9.57. The first kappa shape index (κ1) is 14.3. The van der Waals surface area contributed by atoms with Crippen molar-refractivity contribution in [2.24, 2.45) is 5.92 Å². The van der Waals surface area contributed by atoms with Crippen molar-refractivity contribution < 1.29 is 4.74 Å². The van der Waals surface area contributed by atoms with Crippen molar-refractivity contribution in [1.82, 2.24) is 10.2 Å². The average Bonchev–Trinajstić information content (AvgIpc) is 3.17. The SMILES string of the molecule is CN(CC1CCOCC1)C1CCC(C#N)(NC2CC2)C1. The number of nitrogens with one attached hydrogen (secondary N) is 1. The first-order valence-corrected chi connectivity index (χ1v) is 8.18. The molecule has 0 spiro atoms. The van der Waals surface area contributed by atoms with Gasteiger partial charge in [-0.2, -0.15) is 5.26 Å². The molecule has 1 N–H and O–H groups in total. The van der Waals surface area contributed by atoms with Gasteiger partial charge in [-0.1, -0.05) is 0 Å². The van der Waals surface area contributed by atoms with Gasteiger partial charge in [-0.25, -0.2) is 0 Å². The highest BCUT2D eigenvalue weighted by Gasteiger charge is 2.44. The van der Waals surface area contributed by atoms with Crippen LogP contribution in [-0.4, -0.2) is 49.3 Å². The summed E-state index contributed by atoms with van der Waals surface area (Å²) >= 11 is 0. The molecule has 3 aliphatic rings. The van der Waals surface area contributed by atoms with Crippen molar-refractivity contribution >= 4 is 0 Å². The van der Waals surface area contributed by atoms with Crippen molar-refractivity contribution in [2.45, 2.75) is 62.6 Å². The fourth-order valence-corrected chi connectivity index (χ4v) is 3.76. The molecule has 3 rings (SSSR count). The lowest BCUT2D eigenvalue weighted by atomic mass is 9.97. The minimum Gasteiger partial charge on any atom is -0.381 e. The largest absolute Gasteiger partial charge is 0.381 e. The van der Waals surface area contributed by atoms with E-state index in [2.05, 4.69) is 23.3 Å². The third-order valence-corrected chi connectivity index (χ3v) is 5.27. The van der Waals surface area contributed by atoms with Crippen LogP contribution in [0.15, 0.2) is 0 Å². The lowest BCUT2D eigenvalue weighted by Crippen LogP contribution is -2.45. The number of hydrogen-bond donors (Lipinski definition) is 1. The molecule has 1 aliphatic heterocycles. The number of nitrogens with zero attached hydrogens (tertiary/aromatic N) is 2. The van der Waals surface area contributed by atoms with Crippen molar-refractivity contribution in [1.29, 1.82) is 5.26 Å². The van der Waals surface area contributed by atoms with E-state index in [1.807, 2.05) is 0 Å². The Bertz CT molecular complexity index is 370. The number of ether oxygens (including phenoxy) is 1. The Hall–Kier alpha value is -0.630. The molecular weight excluding hydrogens is 250 g/mol. The molecule has 1 heterocycles. The Morgan fingerprint density at radius 3 is 2.65 bits per heavy atom. The fourth-order valence-electron chi connectivity index (χ4n) is 3.76. The van der Waals surface area contributed by atoms with Crippen molar-refractivity contribution in [3.8, 4) is 6.07 Å². The third-order valence-electron chi connectivity index (χ3n) is 5.27. The summed E-state index contributed by atoms with van der Waals surface area (Å²) in [5.41, 5.74) is -0.240. The molecule has 2 aliphatic carbocycles. The maximum absolute atomic E-state index is 9.57. The zero-order chi connectivity index (χ0) is 14.0. The highest BCUT2D eigenvalue weighted by Crippen LogP contribution is 2.36. The normalized spacial score (nSPS) is 35.4. The zero-order valence-corrected chi connectivity index (χ0v) is 12.6. The molecule has 112 valence electrons. The number of rotatable bonds is 5. The van der Waals surface area contributed by atoms with E-state index in [0.717, 1.165) is 38.4 Å². The van der Waals surface area contributed by atoms with Crippen LogP contribution >= 0.6 is 0 Å². The molecule has 3 fully saturated rings. The van der Waals surface area contributed by atoms with Gasteiger partial charge in [0.15, 0.2) is 0 Å². The van der Waals surface area contributed by atoms with Gasteiger partial charge in [0.05, 0.1) is 6.07 Å². The Balaban J connectivity index is 1.51. The summed E-state index contributed by atoms with van der Waals surface area (Å²) in [6.45, 7) is 3.02. The Kier molecular flexibility index (Phi) is 4.30. The second-order valence-electron chi connectivity index (χ2n) is 7.00. The minimum absolute atomic E-state index is 0.240. The predicted molar refractivity (Wildman–Crippen MR) is 78.3 cm³/mol. The van der Waals surface area contributed by atoms with Crippen molar-refractivity contribution in [2.75, 3.05) is 26.8 Å². The molecule has 20 heavy (non-hydrogen) atoms. The molecule has 0 bridgehead atoms. The zero-order valence-electron chi connectivity index (χ0n) is 12.6. The Morgan fingerprint density at radius 2 is 2.00 bits per heavy atom. The van der Waals surface area contributed by atoms with Gasteiger partial charge in [-0.15, -0.1) is 0 Å². The molecule has 1 saturated heterocycles. The average molecular weight is 277 g/mol. The van der Waals surface area contributed by atoms with E-state index in [1.165, 1.54) is 32.2 Å². The van der Waals surface area contributed by atoms with E-state index < -0.39 is 0 Å². The summed E-state index contributed by atoms with van der Waals surface area (Å²) in [6.07, 6.45) is 8.08. The molecular formula is C16H27N3O. The molecule has 2 saturated carbocycles. The van der Waals surface area contributed by atoms with Crippen LogP contribution in [0.1, 0.15) is 44.9 Å². The summed E-state index contributed by atoms with van der Waals surface area (Å²) in [7, 11) is 2.24. The molecule has 2 unspecified atom stereocenters. The standard InChI is InChI=1S/C16H27N3O/c1-19(11-13-5-8-20-9-6-13)15-4-7-16(10-15,12-17)18-14-2-3-14/h13-15,18H,2-11H2,1H3. The summed E-state index contributed by atoms with van der Waals surface area (Å²) in [6, 6.07) is 3.77. The van der Waals surface area contributed by atoms with Crippen molar-refractivity contribution in [3.05, 3.63) is 0 Å². The molecule has 0 aromatic rings. The minimum atomic E-state index is -0.240. The van der Waals surface area contributed by atoms with Gasteiger partial charge in [0.25, 0.3) is 0 Å². The van der Waals surface area contributed by atoms with Gasteiger partial charge in [0.2, 0.25) is 0 Å². The molecule has 4 nitrogen and oxygen atoms in total. The van der Waals surface area contributed by atoms with E-state index >= 15 is 0 Å². The quantitative estimate of drug-likeness (QED) is 0.834. The van der Waals surface area contributed by atoms with E-state index in [4.69, 9.17) is 4.74 Å². The second kappa shape index (κ2) is 6.01.